The fraction of sp³-hybridized carbons (Fsp3) is 0.348. The van der Waals surface area contributed by atoms with Crippen molar-refractivity contribution in [2.24, 2.45) is 0 Å². The van der Waals surface area contributed by atoms with Crippen LogP contribution in [-0.2, 0) is 15.6 Å². The van der Waals surface area contributed by atoms with E-state index in [1.54, 1.807) is 13.0 Å². The largest absolute Gasteiger partial charge is 0.478 e. The third kappa shape index (κ3) is 3.70. The molecule has 0 atom stereocenters. The molecular formula is C23H26N2O2. The van der Waals surface area contributed by atoms with Gasteiger partial charge >= 0.3 is 5.97 Å². The summed E-state index contributed by atoms with van der Waals surface area (Å²) in [6, 6.07) is 4.32. The molecule has 0 radical (unpaired) electrons. The second-order valence-electron chi connectivity index (χ2n) is 8.42. The van der Waals surface area contributed by atoms with Crippen molar-refractivity contribution < 1.29 is 9.90 Å². The minimum absolute atomic E-state index is 0.0358. The third-order valence-electron chi connectivity index (χ3n) is 5.17. The highest BCUT2D eigenvalue weighted by Crippen LogP contribution is 2.42. The number of rotatable bonds is 3. The molecule has 0 saturated heterocycles. The molecule has 0 fully saturated rings. The fourth-order valence-electron chi connectivity index (χ4n) is 3.48. The lowest BCUT2D eigenvalue weighted by Crippen LogP contribution is -2.29. The topological polar surface area (TPSA) is 63.1 Å². The van der Waals surface area contributed by atoms with E-state index in [0.29, 0.717) is 5.57 Å². The Morgan fingerprint density at radius 3 is 2.04 bits per heavy atom. The van der Waals surface area contributed by atoms with Crippen LogP contribution >= 0.6 is 0 Å². The summed E-state index contributed by atoms with van der Waals surface area (Å²) in [5.74, 6) is -0.956. The maximum absolute atomic E-state index is 10.8. The molecule has 1 N–H and O–H groups in total. The average molecular weight is 362 g/mol. The zero-order valence-electron chi connectivity index (χ0n) is 16.8. The fourth-order valence-corrected chi connectivity index (χ4v) is 3.48. The number of hydrogen-bond acceptors (Lipinski definition) is 3. The SMILES string of the molecule is CC(C=Cc1nc2cc3c(cc2nc1C)C(C)(C)C=CC3(C)C)=CC(=O)O. The first-order chi connectivity index (χ1) is 12.5. The smallest absolute Gasteiger partial charge is 0.328 e. The van der Waals surface area contributed by atoms with Crippen LogP contribution < -0.4 is 0 Å². The third-order valence-corrected chi connectivity index (χ3v) is 5.17. The van der Waals surface area contributed by atoms with Crippen molar-refractivity contribution in [3.8, 4) is 0 Å². The number of nitrogens with zero attached hydrogens (tertiary/aromatic N) is 2. The van der Waals surface area contributed by atoms with Crippen LogP contribution in [0.1, 0.15) is 57.1 Å². The van der Waals surface area contributed by atoms with Gasteiger partial charge in [-0.25, -0.2) is 14.8 Å². The van der Waals surface area contributed by atoms with Crippen LogP contribution in [0.4, 0.5) is 0 Å². The lowest BCUT2D eigenvalue weighted by atomic mass is 9.68. The van der Waals surface area contributed by atoms with Crippen molar-refractivity contribution in [2.75, 3.05) is 0 Å². The van der Waals surface area contributed by atoms with Crippen LogP contribution in [0.15, 0.2) is 42.0 Å². The van der Waals surface area contributed by atoms with E-state index in [1.165, 1.54) is 17.2 Å². The summed E-state index contributed by atoms with van der Waals surface area (Å²) in [7, 11) is 0. The summed E-state index contributed by atoms with van der Waals surface area (Å²) in [5, 5.41) is 8.84. The van der Waals surface area contributed by atoms with Gasteiger partial charge in [-0.2, -0.15) is 0 Å². The van der Waals surface area contributed by atoms with Gasteiger partial charge in [0.05, 0.1) is 22.4 Å². The molecule has 27 heavy (non-hydrogen) atoms. The van der Waals surface area contributed by atoms with E-state index in [1.807, 2.05) is 13.0 Å². The summed E-state index contributed by atoms with van der Waals surface area (Å²) >= 11 is 0. The maximum atomic E-state index is 10.8. The number of carboxylic acids is 1. The normalized spacial score (nSPS) is 18.1. The Morgan fingerprint density at radius 1 is 1.00 bits per heavy atom. The van der Waals surface area contributed by atoms with Gasteiger partial charge in [-0.15, -0.1) is 0 Å². The second kappa shape index (κ2) is 6.45. The zero-order chi connectivity index (χ0) is 20.0. The number of fused-ring (bicyclic) bond motifs is 2. The highest BCUT2D eigenvalue weighted by Gasteiger charge is 2.33. The van der Waals surface area contributed by atoms with E-state index in [0.717, 1.165) is 22.4 Å². The first-order valence-electron chi connectivity index (χ1n) is 9.13. The first-order valence-corrected chi connectivity index (χ1v) is 9.13. The van der Waals surface area contributed by atoms with Gasteiger partial charge in [-0.05, 0) is 48.8 Å². The molecule has 0 bridgehead atoms. The van der Waals surface area contributed by atoms with Crippen LogP contribution in [-0.4, -0.2) is 21.0 Å². The minimum Gasteiger partial charge on any atom is -0.478 e. The summed E-state index contributed by atoms with van der Waals surface area (Å²) in [6.07, 6.45) is 9.30. The molecule has 1 aliphatic carbocycles. The van der Waals surface area contributed by atoms with Crippen molar-refractivity contribution in [3.63, 3.8) is 0 Å². The summed E-state index contributed by atoms with van der Waals surface area (Å²) in [6.45, 7) is 12.5. The average Bonchev–Trinajstić information content (AvgIpc) is 2.55. The maximum Gasteiger partial charge on any atom is 0.328 e. The second-order valence-corrected chi connectivity index (χ2v) is 8.42. The van der Waals surface area contributed by atoms with Crippen molar-refractivity contribution in [1.29, 1.82) is 0 Å². The number of hydrogen-bond donors (Lipinski definition) is 1. The van der Waals surface area contributed by atoms with Crippen LogP contribution in [0.3, 0.4) is 0 Å². The lowest BCUT2D eigenvalue weighted by molar-refractivity contribution is -0.131. The molecule has 4 heteroatoms. The first kappa shape index (κ1) is 19.0. The Kier molecular flexibility index (Phi) is 4.54. The van der Waals surface area contributed by atoms with Crippen LogP contribution in [0.5, 0.6) is 0 Å². The predicted molar refractivity (Wildman–Crippen MR) is 110 cm³/mol. The van der Waals surface area contributed by atoms with Gasteiger partial charge in [0.2, 0.25) is 0 Å². The number of aryl methyl sites for hydroxylation is 1. The molecule has 0 saturated carbocycles. The van der Waals surface area contributed by atoms with Crippen LogP contribution in [0.2, 0.25) is 0 Å². The lowest BCUT2D eigenvalue weighted by Gasteiger charge is -2.36. The Bertz CT molecular complexity index is 1020. The van der Waals surface area contributed by atoms with Gasteiger partial charge in [0.25, 0.3) is 0 Å². The number of aliphatic carboxylic acids is 1. The van der Waals surface area contributed by atoms with E-state index >= 15 is 0 Å². The number of carboxylic acid groups (broad SMARTS) is 1. The van der Waals surface area contributed by atoms with Crippen LogP contribution in [0.25, 0.3) is 17.1 Å². The molecule has 3 rings (SSSR count). The van der Waals surface area contributed by atoms with Gasteiger partial charge in [-0.1, -0.05) is 45.9 Å². The molecular weight excluding hydrogens is 336 g/mol. The highest BCUT2D eigenvalue weighted by atomic mass is 16.4. The summed E-state index contributed by atoms with van der Waals surface area (Å²) in [4.78, 5) is 20.3. The Morgan fingerprint density at radius 2 is 1.52 bits per heavy atom. The standard InChI is InChI=1S/C23H26N2O2/c1-14(11-21(26)27)7-8-18-15(2)24-19-12-16-17(13-20(19)25-18)23(5,6)10-9-22(16,3)4/h7-13H,1-6H3,(H,26,27). The van der Waals surface area contributed by atoms with E-state index in [9.17, 15) is 4.79 Å². The van der Waals surface area contributed by atoms with E-state index in [2.05, 4.69) is 52.0 Å². The molecule has 0 aliphatic heterocycles. The zero-order valence-corrected chi connectivity index (χ0v) is 16.8. The van der Waals surface area contributed by atoms with Gasteiger partial charge in [0.1, 0.15) is 0 Å². The molecule has 1 aromatic heterocycles. The van der Waals surface area contributed by atoms with Gasteiger partial charge < -0.3 is 5.11 Å². The van der Waals surface area contributed by atoms with Crippen molar-refractivity contribution in [3.05, 3.63) is 64.5 Å². The number of aromatic nitrogens is 2. The van der Waals surface area contributed by atoms with Gasteiger partial charge in [0.15, 0.2) is 0 Å². The minimum atomic E-state index is -0.956. The summed E-state index contributed by atoms with van der Waals surface area (Å²) < 4.78 is 0. The quantitative estimate of drug-likeness (QED) is 0.468. The molecule has 1 aromatic carbocycles. The van der Waals surface area contributed by atoms with Crippen molar-refractivity contribution in [2.45, 2.75) is 52.4 Å². The molecule has 2 aromatic rings. The van der Waals surface area contributed by atoms with E-state index < -0.39 is 5.97 Å². The van der Waals surface area contributed by atoms with E-state index in [-0.39, 0.29) is 10.8 Å². The Labute approximate surface area is 160 Å². The molecule has 4 nitrogen and oxygen atoms in total. The molecule has 1 heterocycles. The Hall–Kier alpha value is -2.75. The monoisotopic (exact) mass is 362 g/mol. The molecule has 0 spiro atoms. The summed E-state index contributed by atoms with van der Waals surface area (Å²) in [5.41, 5.74) is 6.46. The van der Waals surface area contributed by atoms with Crippen molar-refractivity contribution in [1.82, 2.24) is 9.97 Å². The molecule has 0 amide bonds. The Balaban J connectivity index is 2.14. The van der Waals surface area contributed by atoms with E-state index in [4.69, 9.17) is 15.1 Å². The predicted octanol–water partition coefficient (Wildman–Crippen LogP) is 5.11. The molecule has 140 valence electrons. The molecule has 1 aliphatic rings. The van der Waals surface area contributed by atoms with Gasteiger partial charge in [-0.3, -0.25) is 0 Å². The van der Waals surface area contributed by atoms with Crippen molar-refractivity contribution >= 4 is 23.1 Å². The number of allylic oxidation sites excluding steroid dienone is 4. The van der Waals surface area contributed by atoms with Gasteiger partial charge in [0, 0.05) is 16.9 Å². The van der Waals surface area contributed by atoms with Crippen LogP contribution in [0, 0.1) is 6.92 Å². The highest BCUT2D eigenvalue weighted by molar-refractivity contribution is 5.82. The molecule has 0 unspecified atom stereocenters. The number of carbonyl (C=O) groups is 1. The number of benzene rings is 1.